The Morgan fingerprint density at radius 1 is 1.56 bits per heavy atom. The van der Waals surface area contributed by atoms with Gasteiger partial charge >= 0.3 is 0 Å². The van der Waals surface area contributed by atoms with Gasteiger partial charge in [0, 0.05) is 0 Å². The van der Waals surface area contributed by atoms with Gasteiger partial charge in [0.15, 0.2) is 0 Å². The molecule has 0 aliphatic heterocycles. The highest BCUT2D eigenvalue weighted by molar-refractivity contribution is 9.10. The number of carbonyl (C=O) groups excluding carboxylic acids is 1. The summed E-state index contributed by atoms with van der Waals surface area (Å²) in [5.74, 6) is 0.638. The normalized spacial score (nSPS) is 13.8. The maximum Gasteiger partial charge on any atom is 0.237 e. The van der Waals surface area contributed by atoms with E-state index in [0.717, 1.165) is 15.8 Å². The van der Waals surface area contributed by atoms with Gasteiger partial charge in [-0.3, -0.25) is 4.79 Å². The topological polar surface area (TPSA) is 64.4 Å². The minimum atomic E-state index is -0.450. The van der Waals surface area contributed by atoms with Gasteiger partial charge in [-0.05, 0) is 47.0 Å². The van der Waals surface area contributed by atoms with Crippen LogP contribution in [-0.4, -0.2) is 19.1 Å². The molecule has 0 heterocycles. The minimum absolute atomic E-state index is 0.0858. The van der Waals surface area contributed by atoms with Crippen molar-refractivity contribution in [1.29, 1.82) is 0 Å². The first-order valence-corrected chi connectivity index (χ1v) is 6.68. The molecule has 0 saturated carbocycles. The third-order valence-corrected chi connectivity index (χ3v) is 3.43. The molecule has 1 aromatic carbocycles. The van der Waals surface area contributed by atoms with Crippen molar-refractivity contribution >= 4 is 21.8 Å². The van der Waals surface area contributed by atoms with E-state index in [2.05, 4.69) is 21.2 Å². The molecule has 0 aromatic heterocycles. The zero-order valence-electron chi connectivity index (χ0n) is 10.9. The van der Waals surface area contributed by atoms with Crippen molar-refractivity contribution in [2.45, 2.75) is 32.4 Å². The Morgan fingerprint density at radius 3 is 2.72 bits per heavy atom. The molecule has 18 heavy (non-hydrogen) atoms. The summed E-state index contributed by atoms with van der Waals surface area (Å²) in [6.07, 6.45) is 0.630. The molecule has 0 bridgehead atoms. The highest BCUT2D eigenvalue weighted by atomic mass is 79.9. The zero-order valence-corrected chi connectivity index (χ0v) is 12.5. The van der Waals surface area contributed by atoms with Crippen LogP contribution in [0.3, 0.4) is 0 Å². The van der Waals surface area contributed by atoms with Crippen LogP contribution >= 0.6 is 15.9 Å². The molecule has 100 valence electrons. The zero-order chi connectivity index (χ0) is 13.7. The quantitative estimate of drug-likeness (QED) is 0.877. The number of nitrogens with one attached hydrogen (secondary N) is 1. The number of nitrogens with two attached hydrogens (primary N) is 1. The van der Waals surface area contributed by atoms with Gasteiger partial charge in [-0.25, -0.2) is 0 Å². The van der Waals surface area contributed by atoms with Crippen molar-refractivity contribution in [1.82, 2.24) is 5.32 Å². The SMILES string of the molecule is CC[C@@H](N)C(=O)NC(C)c1ccc(OC)c(Br)c1. The molecule has 0 spiro atoms. The Labute approximate surface area is 116 Å². The monoisotopic (exact) mass is 314 g/mol. The Kier molecular flexibility index (Phi) is 5.62. The number of rotatable bonds is 5. The summed E-state index contributed by atoms with van der Waals surface area (Å²) in [7, 11) is 1.62. The molecule has 4 nitrogen and oxygen atoms in total. The smallest absolute Gasteiger partial charge is 0.237 e. The van der Waals surface area contributed by atoms with Crippen molar-refractivity contribution in [2.75, 3.05) is 7.11 Å². The lowest BCUT2D eigenvalue weighted by Gasteiger charge is -2.18. The number of carbonyl (C=O) groups is 1. The second kappa shape index (κ2) is 6.75. The van der Waals surface area contributed by atoms with Gasteiger partial charge in [0.1, 0.15) is 5.75 Å². The summed E-state index contributed by atoms with van der Waals surface area (Å²) >= 11 is 3.42. The van der Waals surface area contributed by atoms with E-state index in [1.165, 1.54) is 0 Å². The molecule has 0 aliphatic carbocycles. The molecule has 0 saturated heterocycles. The van der Waals surface area contributed by atoms with Gasteiger partial charge in [-0.15, -0.1) is 0 Å². The highest BCUT2D eigenvalue weighted by Gasteiger charge is 2.15. The summed E-state index contributed by atoms with van der Waals surface area (Å²) in [4.78, 5) is 11.7. The molecule has 0 radical (unpaired) electrons. The molecule has 1 aromatic rings. The molecule has 0 aliphatic rings. The molecule has 2 atom stereocenters. The van der Waals surface area contributed by atoms with Crippen molar-refractivity contribution in [3.8, 4) is 5.75 Å². The fourth-order valence-corrected chi connectivity index (χ4v) is 2.10. The summed E-state index contributed by atoms with van der Waals surface area (Å²) < 4.78 is 6.03. The van der Waals surface area contributed by atoms with Crippen LogP contribution in [0.4, 0.5) is 0 Å². The van der Waals surface area contributed by atoms with Crippen LogP contribution in [0.1, 0.15) is 31.9 Å². The first kappa shape index (κ1) is 15.0. The predicted molar refractivity (Wildman–Crippen MR) is 75.5 cm³/mol. The van der Waals surface area contributed by atoms with Gasteiger partial charge in [-0.1, -0.05) is 13.0 Å². The fraction of sp³-hybridized carbons (Fsp3) is 0.462. The summed E-state index contributed by atoms with van der Waals surface area (Å²) in [5.41, 5.74) is 6.68. The molecular formula is C13H19BrN2O2. The molecule has 1 unspecified atom stereocenters. The van der Waals surface area contributed by atoms with Crippen LogP contribution in [0.5, 0.6) is 5.75 Å². The van der Waals surface area contributed by atoms with E-state index >= 15 is 0 Å². The van der Waals surface area contributed by atoms with Gasteiger partial charge in [-0.2, -0.15) is 0 Å². The third-order valence-electron chi connectivity index (χ3n) is 2.81. The molecular weight excluding hydrogens is 296 g/mol. The first-order valence-electron chi connectivity index (χ1n) is 5.89. The molecule has 3 N–H and O–H groups in total. The Bertz CT molecular complexity index is 423. The molecule has 5 heteroatoms. The van der Waals surface area contributed by atoms with Gasteiger partial charge in [0.25, 0.3) is 0 Å². The number of amides is 1. The van der Waals surface area contributed by atoms with Crippen molar-refractivity contribution in [3.05, 3.63) is 28.2 Å². The van der Waals surface area contributed by atoms with E-state index in [1.54, 1.807) is 7.11 Å². The van der Waals surface area contributed by atoms with Gasteiger partial charge in [0.2, 0.25) is 5.91 Å². The average molecular weight is 315 g/mol. The Balaban J connectivity index is 2.75. The van der Waals surface area contributed by atoms with E-state index in [1.807, 2.05) is 32.0 Å². The fourth-order valence-electron chi connectivity index (χ4n) is 1.54. The second-order valence-corrected chi connectivity index (χ2v) is 4.99. The standard InChI is InChI=1S/C13H19BrN2O2/c1-4-11(15)13(17)16-8(2)9-5-6-12(18-3)10(14)7-9/h5-8,11H,4,15H2,1-3H3,(H,16,17)/t8?,11-/m1/s1. The van der Waals surface area contributed by atoms with Gasteiger partial charge < -0.3 is 15.8 Å². The van der Waals surface area contributed by atoms with Crippen LogP contribution in [0, 0.1) is 0 Å². The second-order valence-electron chi connectivity index (χ2n) is 4.14. The Hall–Kier alpha value is -1.07. The number of hydrogen-bond acceptors (Lipinski definition) is 3. The number of ether oxygens (including phenoxy) is 1. The lowest BCUT2D eigenvalue weighted by atomic mass is 10.1. The van der Waals surface area contributed by atoms with Crippen LogP contribution < -0.4 is 15.8 Å². The minimum Gasteiger partial charge on any atom is -0.496 e. The van der Waals surface area contributed by atoms with E-state index in [-0.39, 0.29) is 11.9 Å². The molecule has 1 amide bonds. The van der Waals surface area contributed by atoms with E-state index in [9.17, 15) is 4.79 Å². The Morgan fingerprint density at radius 2 is 2.22 bits per heavy atom. The highest BCUT2D eigenvalue weighted by Crippen LogP contribution is 2.27. The summed E-state index contributed by atoms with van der Waals surface area (Å²) in [6, 6.07) is 5.18. The van der Waals surface area contributed by atoms with Crippen molar-refractivity contribution in [3.63, 3.8) is 0 Å². The van der Waals surface area contributed by atoms with Crippen LogP contribution in [0.25, 0.3) is 0 Å². The third kappa shape index (κ3) is 3.71. The van der Waals surface area contributed by atoms with E-state index in [0.29, 0.717) is 6.42 Å². The van der Waals surface area contributed by atoms with E-state index in [4.69, 9.17) is 10.5 Å². The average Bonchev–Trinajstić information content (AvgIpc) is 2.37. The van der Waals surface area contributed by atoms with Gasteiger partial charge in [0.05, 0.1) is 23.7 Å². The van der Waals surface area contributed by atoms with Crippen LogP contribution in [0.2, 0.25) is 0 Å². The predicted octanol–water partition coefficient (Wildman–Crippen LogP) is 2.37. The van der Waals surface area contributed by atoms with Crippen LogP contribution in [-0.2, 0) is 4.79 Å². The molecule has 0 fully saturated rings. The first-order chi connectivity index (χ1) is 8.49. The van der Waals surface area contributed by atoms with Crippen molar-refractivity contribution in [2.24, 2.45) is 5.73 Å². The number of benzene rings is 1. The van der Waals surface area contributed by atoms with Crippen LogP contribution in [0.15, 0.2) is 22.7 Å². The van der Waals surface area contributed by atoms with Crippen molar-refractivity contribution < 1.29 is 9.53 Å². The number of halogens is 1. The maximum atomic E-state index is 11.7. The lowest BCUT2D eigenvalue weighted by Crippen LogP contribution is -2.41. The number of hydrogen-bond donors (Lipinski definition) is 2. The largest absolute Gasteiger partial charge is 0.496 e. The summed E-state index contributed by atoms with van der Waals surface area (Å²) in [6.45, 7) is 3.81. The summed E-state index contributed by atoms with van der Waals surface area (Å²) in [5, 5.41) is 2.89. The number of methoxy groups -OCH3 is 1. The maximum absolute atomic E-state index is 11.7. The van der Waals surface area contributed by atoms with E-state index < -0.39 is 6.04 Å². The molecule has 1 rings (SSSR count). The lowest BCUT2D eigenvalue weighted by molar-refractivity contribution is -0.123.